The van der Waals surface area contributed by atoms with Crippen molar-refractivity contribution in [3.63, 3.8) is 0 Å². The van der Waals surface area contributed by atoms with Crippen LogP contribution in [0.1, 0.15) is 13.0 Å². The number of benzene rings is 2. The second kappa shape index (κ2) is 7.84. The van der Waals surface area contributed by atoms with Crippen LogP contribution in [0.15, 0.2) is 46.9 Å². The third kappa shape index (κ3) is 4.03. The number of carbonyl (C=O) groups excluding carboxylic acids is 1. The van der Waals surface area contributed by atoms with Gasteiger partial charge in [0.25, 0.3) is 5.91 Å². The highest BCUT2D eigenvalue weighted by Gasteiger charge is 2.20. The summed E-state index contributed by atoms with van der Waals surface area (Å²) in [7, 11) is 1.52. The van der Waals surface area contributed by atoms with E-state index in [1.54, 1.807) is 25.1 Å². The number of amides is 1. The van der Waals surface area contributed by atoms with Gasteiger partial charge in [-0.25, -0.2) is 0 Å². The van der Waals surface area contributed by atoms with Crippen LogP contribution in [-0.2, 0) is 4.79 Å². The predicted octanol–water partition coefficient (Wildman–Crippen LogP) is 3.96. The second-order valence-electron chi connectivity index (χ2n) is 5.45. The van der Waals surface area contributed by atoms with Crippen molar-refractivity contribution in [2.45, 2.75) is 13.0 Å². The van der Waals surface area contributed by atoms with Crippen LogP contribution in [0.5, 0.6) is 5.75 Å². The molecule has 0 saturated carbocycles. The number of aromatic nitrogens is 4. The zero-order valence-corrected chi connectivity index (χ0v) is 16.3. The average molecular weight is 437 g/mol. The van der Waals surface area contributed by atoms with Gasteiger partial charge in [-0.3, -0.25) is 4.79 Å². The number of rotatable bonds is 5. The molecule has 1 N–H and O–H groups in total. The molecule has 134 valence electrons. The van der Waals surface area contributed by atoms with Crippen LogP contribution >= 0.6 is 27.5 Å². The summed E-state index contributed by atoms with van der Waals surface area (Å²) in [4.78, 5) is 13.8. The summed E-state index contributed by atoms with van der Waals surface area (Å²) in [6.45, 7) is 1.68. The smallest absolute Gasteiger partial charge is 0.250 e. The molecule has 0 spiro atoms. The number of hydrogen-bond donors (Lipinski definition) is 1. The summed E-state index contributed by atoms with van der Waals surface area (Å²) in [5, 5.41) is 15.6. The fraction of sp³-hybridized carbons (Fsp3) is 0.176. The number of methoxy groups -OCH3 is 1. The molecule has 7 nitrogen and oxygen atoms in total. The molecule has 26 heavy (non-hydrogen) atoms. The first kappa shape index (κ1) is 18.3. The van der Waals surface area contributed by atoms with Crippen molar-refractivity contribution in [2.75, 3.05) is 12.4 Å². The van der Waals surface area contributed by atoms with Gasteiger partial charge in [0.05, 0.1) is 12.8 Å². The first-order valence-corrected chi connectivity index (χ1v) is 8.85. The minimum atomic E-state index is -0.671. The molecule has 1 unspecified atom stereocenters. The van der Waals surface area contributed by atoms with Gasteiger partial charge in [0.2, 0.25) is 5.82 Å². The molecule has 2 aromatic carbocycles. The second-order valence-corrected chi connectivity index (χ2v) is 6.80. The predicted molar refractivity (Wildman–Crippen MR) is 102 cm³/mol. The molecule has 0 bridgehead atoms. The molecule has 1 heterocycles. The van der Waals surface area contributed by atoms with Crippen molar-refractivity contribution in [1.82, 2.24) is 20.2 Å². The molecular formula is C17H15BrClN5O2. The van der Waals surface area contributed by atoms with E-state index in [1.165, 1.54) is 11.9 Å². The van der Waals surface area contributed by atoms with Crippen LogP contribution in [0.3, 0.4) is 0 Å². The SMILES string of the molecule is COc1ccc(Cl)cc1NC(=O)C(C)n1nnc(-c2ccc(Br)cc2)n1. The number of halogens is 2. The molecule has 0 saturated heterocycles. The topological polar surface area (TPSA) is 81.9 Å². The van der Waals surface area contributed by atoms with Crippen molar-refractivity contribution in [1.29, 1.82) is 0 Å². The summed E-state index contributed by atoms with van der Waals surface area (Å²) >= 11 is 9.37. The number of hydrogen-bond acceptors (Lipinski definition) is 5. The van der Waals surface area contributed by atoms with Crippen molar-refractivity contribution in [3.8, 4) is 17.1 Å². The zero-order valence-electron chi connectivity index (χ0n) is 14.0. The van der Waals surface area contributed by atoms with E-state index >= 15 is 0 Å². The summed E-state index contributed by atoms with van der Waals surface area (Å²) in [6.07, 6.45) is 0. The van der Waals surface area contributed by atoms with E-state index in [-0.39, 0.29) is 5.91 Å². The fourth-order valence-corrected chi connectivity index (χ4v) is 2.66. The van der Waals surface area contributed by atoms with Crippen molar-refractivity contribution in [3.05, 3.63) is 52.0 Å². The lowest BCUT2D eigenvalue weighted by molar-refractivity contribution is -0.119. The van der Waals surface area contributed by atoms with Gasteiger partial charge in [0.15, 0.2) is 0 Å². The maximum Gasteiger partial charge on any atom is 0.250 e. The Hall–Kier alpha value is -2.45. The van der Waals surface area contributed by atoms with Crippen molar-refractivity contribution < 1.29 is 9.53 Å². The van der Waals surface area contributed by atoms with Crippen LogP contribution in [0.4, 0.5) is 5.69 Å². The Bertz CT molecular complexity index is 929. The number of nitrogens with zero attached hydrogens (tertiary/aromatic N) is 4. The van der Waals surface area contributed by atoms with Crippen molar-refractivity contribution in [2.24, 2.45) is 0 Å². The van der Waals surface area contributed by atoms with E-state index < -0.39 is 6.04 Å². The Balaban J connectivity index is 1.77. The third-order valence-electron chi connectivity index (χ3n) is 3.68. The lowest BCUT2D eigenvalue weighted by Crippen LogP contribution is -2.25. The van der Waals surface area contributed by atoms with Gasteiger partial charge in [0.1, 0.15) is 11.8 Å². The minimum Gasteiger partial charge on any atom is -0.495 e. The molecule has 1 aromatic heterocycles. The van der Waals surface area contributed by atoms with E-state index in [4.69, 9.17) is 16.3 Å². The molecule has 0 fully saturated rings. The zero-order chi connectivity index (χ0) is 18.7. The summed E-state index contributed by atoms with van der Waals surface area (Å²) < 4.78 is 6.19. The van der Waals surface area contributed by atoms with Crippen LogP contribution < -0.4 is 10.1 Å². The molecule has 1 amide bonds. The maximum atomic E-state index is 12.5. The Labute approximate surface area is 163 Å². The average Bonchev–Trinajstić information content (AvgIpc) is 3.12. The number of carbonyl (C=O) groups is 1. The molecule has 0 aliphatic heterocycles. The van der Waals surface area contributed by atoms with E-state index in [0.29, 0.717) is 22.3 Å². The minimum absolute atomic E-state index is 0.315. The van der Waals surface area contributed by atoms with Gasteiger partial charge >= 0.3 is 0 Å². The van der Waals surface area contributed by atoms with Gasteiger partial charge < -0.3 is 10.1 Å². The largest absolute Gasteiger partial charge is 0.495 e. The quantitative estimate of drug-likeness (QED) is 0.654. The molecule has 0 radical (unpaired) electrons. The first-order valence-electron chi connectivity index (χ1n) is 7.68. The van der Waals surface area contributed by atoms with Crippen LogP contribution in [0.2, 0.25) is 5.02 Å². The van der Waals surface area contributed by atoms with Gasteiger partial charge in [0, 0.05) is 15.1 Å². The van der Waals surface area contributed by atoms with Gasteiger partial charge in [-0.2, -0.15) is 4.80 Å². The Morgan fingerprint density at radius 2 is 2.00 bits per heavy atom. The van der Waals surface area contributed by atoms with Crippen LogP contribution in [0, 0.1) is 0 Å². The Morgan fingerprint density at radius 1 is 1.27 bits per heavy atom. The molecule has 0 aliphatic rings. The molecule has 3 aromatic rings. The lowest BCUT2D eigenvalue weighted by Gasteiger charge is -2.13. The van der Waals surface area contributed by atoms with E-state index in [1.807, 2.05) is 24.3 Å². The molecule has 9 heteroatoms. The number of tetrazole rings is 1. The molecule has 1 atom stereocenters. The van der Waals surface area contributed by atoms with E-state index in [0.717, 1.165) is 10.0 Å². The summed E-state index contributed by atoms with van der Waals surface area (Å²) in [5.74, 6) is 0.639. The summed E-state index contributed by atoms with van der Waals surface area (Å²) in [5.41, 5.74) is 1.29. The van der Waals surface area contributed by atoms with E-state index in [9.17, 15) is 4.79 Å². The highest BCUT2D eigenvalue weighted by atomic mass is 79.9. The van der Waals surface area contributed by atoms with Crippen LogP contribution in [0.25, 0.3) is 11.4 Å². The third-order valence-corrected chi connectivity index (χ3v) is 4.44. The highest BCUT2D eigenvalue weighted by Crippen LogP contribution is 2.28. The number of anilines is 1. The highest BCUT2D eigenvalue weighted by molar-refractivity contribution is 9.10. The Morgan fingerprint density at radius 3 is 2.69 bits per heavy atom. The number of ether oxygens (including phenoxy) is 1. The Kier molecular flexibility index (Phi) is 5.53. The first-order chi connectivity index (χ1) is 12.5. The van der Waals surface area contributed by atoms with Gasteiger partial charge in [-0.1, -0.05) is 27.5 Å². The van der Waals surface area contributed by atoms with Crippen molar-refractivity contribution >= 4 is 39.1 Å². The molecular weight excluding hydrogens is 422 g/mol. The van der Waals surface area contributed by atoms with E-state index in [2.05, 4.69) is 36.7 Å². The maximum absolute atomic E-state index is 12.5. The fourth-order valence-electron chi connectivity index (χ4n) is 2.22. The summed E-state index contributed by atoms with van der Waals surface area (Å²) in [6, 6.07) is 11.8. The molecule has 3 rings (SSSR count). The standard InChI is InChI=1S/C17H15BrClN5O2/c1-10(17(25)20-14-9-13(19)7-8-15(14)26-2)24-22-16(21-23-24)11-3-5-12(18)6-4-11/h3-10H,1-2H3,(H,20,25). The van der Waals surface area contributed by atoms with Gasteiger partial charge in [-0.15, -0.1) is 10.2 Å². The lowest BCUT2D eigenvalue weighted by atomic mass is 10.2. The molecule has 0 aliphatic carbocycles. The number of nitrogens with one attached hydrogen (secondary N) is 1. The monoisotopic (exact) mass is 435 g/mol. The van der Waals surface area contributed by atoms with Crippen LogP contribution in [-0.4, -0.2) is 33.2 Å². The normalized spacial score (nSPS) is 11.8. The van der Waals surface area contributed by atoms with Gasteiger partial charge in [-0.05, 0) is 54.6 Å².